The highest BCUT2D eigenvalue weighted by molar-refractivity contribution is 6.32. The summed E-state index contributed by atoms with van der Waals surface area (Å²) in [4.78, 5) is 15.2. The number of hydrogen-bond acceptors (Lipinski definition) is 4. The average molecular weight is 727 g/mol. The highest BCUT2D eigenvalue weighted by Crippen LogP contribution is 2.43. The Morgan fingerprint density at radius 2 is 0.772 bits per heavy atom. The van der Waals surface area contributed by atoms with Crippen LogP contribution >= 0.6 is 0 Å². The third-order valence-corrected chi connectivity index (χ3v) is 10.7. The van der Waals surface area contributed by atoms with Crippen molar-refractivity contribution < 1.29 is 4.42 Å². The van der Waals surface area contributed by atoms with Crippen molar-refractivity contribution >= 4 is 48.6 Å². The second-order valence-corrected chi connectivity index (χ2v) is 14.6. The minimum atomic E-state index is 0.591. The van der Waals surface area contributed by atoms with Gasteiger partial charge in [-0.2, -0.15) is 0 Å². The molecule has 0 fully saturated rings. The van der Waals surface area contributed by atoms with Gasteiger partial charge in [-0.3, -0.25) is 0 Å². The summed E-state index contributed by atoms with van der Waals surface area (Å²) in [6, 6.07) is 65.9. The van der Waals surface area contributed by atoms with Gasteiger partial charge in [-0.15, -0.1) is 0 Å². The molecule has 57 heavy (non-hydrogen) atoms. The van der Waals surface area contributed by atoms with Crippen molar-refractivity contribution in [1.29, 1.82) is 0 Å². The highest BCUT2D eigenvalue weighted by atomic mass is 16.3. The van der Waals surface area contributed by atoms with Gasteiger partial charge in [0.25, 0.3) is 0 Å². The fraction of sp³-hybridized carbons (Fsp3) is 0. The van der Waals surface area contributed by atoms with E-state index in [2.05, 4.69) is 131 Å². The van der Waals surface area contributed by atoms with Gasteiger partial charge in [-0.25, -0.2) is 15.0 Å². The molecule has 0 saturated carbocycles. The van der Waals surface area contributed by atoms with Crippen molar-refractivity contribution in [1.82, 2.24) is 15.0 Å². The normalized spacial score (nSPS) is 11.3. The third-order valence-electron chi connectivity index (χ3n) is 10.7. The number of rotatable bonds is 7. The number of fused-ring (bicyclic) bond motifs is 3. The molecule has 4 nitrogen and oxygen atoms in total. The molecule has 0 spiro atoms. The Morgan fingerprint density at radius 3 is 1.28 bits per heavy atom. The number of aromatic nitrogens is 3. The Bertz CT molecular complexity index is 2980. The van der Waals surface area contributed by atoms with E-state index in [9.17, 15) is 0 Å². The summed E-state index contributed by atoms with van der Waals surface area (Å²) in [6.45, 7) is 0. The zero-order valence-electron chi connectivity index (χ0n) is 31.6. The lowest BCUT2D eigenvalue weighted by Crippen LogP contribution is -2.00. The minimum absolute atomic E-state index is 0.591. The molecule has 0 aliphatic rings. The smallest absolute Gasteiger partial charge is 0.164 e. The molecule has 8 aromatic carbocycles. The van der Waals surface area contributed by atoms with Crippen LogP contribution in [-0.2, 0) is 0 Å². The first-order valence-corrected chi connectivity index (χ1v) is 19.3. The van der Waals surface area contributed by atoms with Gasteiger partial charge >= 0.3 is 0 Å². The zero-order valence-corrected chi connectivity index (χ0v) is 31.6. The molecule has 266 valence electrons. The van der Waals surface area contributed by atoms with Crippen LogP contribution in [0.15, 0.2) is 192 Å². The Labute approximate surface area is 333 Å². The van der Waals surface area contributed by atoms with Crippen LogP contribution in [0.1, 0.15) is 0 Å². The van der Waals surface area contributed by atoms with E-state index >= 15 is 0 Å². The standard InChI is InChI=1S/C51H35B2N3O/c52-41-26-22-34(23-27-41)32-14-16-36(17-15-32)40-30-44(37-20-18-33(19-21-37)35-24-28-42(53)29-25-35)48-45(31-40)47-43(12-7-13-46(47)57-48)51-55-49(38-8-3-1-4-9-38)54-50(56-51)39-10-5-2-6-11-39/h1-31H,52-53H2. The SMILES string of the molecule is Bc1ccc(-c2ccc(-c3cc(-c4ccc(-c5ccc(B)cc5)cc4)c4oc5cccc(-c6nc(-c7ccccc7)nc(-c7ccccc7)n6)c5c4c3)cc2)cc1. The summed E-state index contributed by atoms with van der Waals surface area (Å²) in [5.41, 5.74) is 15.9. The van der Waals surface area contributed by atoms with Crippen LogP contribution in [0.4, 0.5) is 0 Å². The number of benzene rings is 8. The number of nitrogens with zero attached hydrogens (tertiary/aromatic N) is 3. The molecule has 0 radical (unpaired) electrons. The van der Waals surface area contributed by atoms with E-state index in [4.69, 9.17) is 19.4 Å². The van der Waals surface area contributed by atoms with E-state index in [1.807, 2.05) is 72.8 Å². The van der Waals surface area contributed by atoms with Gasteiger partial charge < -0.3 is 4.42 Å². The van der Waals surface area contributed by atoms with E-state index in [1.54, 1.807) is 0 Å². The van der Waals surface area contributed by atoms with Gasteiger partial charge in [0.2, 0.25) is 0 Å². The average Bonchev–Trinajstić information content (AvgIpc) is 3.66. The molecule has 0 atom stereocenters. The lowest BCUT2D eigenvalue weighted by Gasteiger charge is -2.11. The highest BCUT2D eigenvalue weighted by Gasteiger charge is 2.21. The van der Waals surface area contributed by atoms with Crippen molar-refractivity contribution in [2.24, 2.45) is 0 Å². The molecule has 0 N–H and O–H groups in total. The summed E-state index contributed by atoms with van der Waals surface area (Å²) >= 11 is 0. The maximum absolute atomic E-state index is 6.86. The molecule has 0 aliphatic heterocycles. The van der Waals surface area contributed by atoms with Crippen molar-refractivity contribution in [3.63, 3.8) is 0 Å². The molecule has 0 aliphatic carbocycles. The first-order chi connectivity index (χ1) is 28.0. The van der Waals surface area contributed by atoms with Crippen molar-refractivity contribution in [2.75, 3.05) is 0 Å². The quantitative estimate of drug-likeness (QED) is 0.154. The van der Waals surface area contributed by atoms with Crippen LogP contribution < -0.4 is 10.9 Å². The molecule has 0 saturated heterocycles. The summed E-state index contributed by atoms with van der Waals surface area (Å²) in [5.74, 6) is 1.83. The maximum Gasteiger partial charge on any atom is 0.164 e. The third kappa shape index (κ3) is 6.62. The van der Waals surface area contributed by atoms with E-state index in [0.717, 1.165) is 60.9 Å². The molecule has 10 rings (SSSR count). The Morgan fingerprint density at radius 1 is 0.333 bits per heavy atom. The van der Waals surface area contributed by atoms with E-state index < -0.39 is 0 Å². The topological polar surface area (TPSA) is 51.8 Å². The first-order valence-electron chi connectivity index (χ1n) is 19.3. The van der Waals surface area contributed by atoms with Crippen molar-refractivity contribution in [2.45, 2.75) is 0 Å². The fourth-order valence-electron chi connectivity index (χ4n) is 7.61. The van der Waals surface area contributed by atoms with Gasteiger partial charge in [-0.05, 0) is 57.1 Å². The monoisotopic (exact) mass is 727 g/mol. The van der Waals surface area contributed by atoms with E-state index in [1.165, 1.54) is 33.2 Å². The first kappa shape index (κ1) is 34.2. The Balaban J connectivity index is 1.18. The van der Waals surface area contributed by atoms with Crippen LogP contribution in [-0.4, -0.2) is 30.6 Å². The fourth-order valence-corrected chi connectivity index (χ4v) is 7.61. The van der Waals surface area contributed by atoms with Gasteiger partial charge in [-0.1, -0.05) is 181 Å². The number of furan rings is 1. The van der Waals surface area contributed by atoms with Crippen LogP contribution in [0.3, 0.4) is 0 Å². The molecule has 2 aromatic heterocycles. The van der Waals surface area contributed by atoms with Crippen LogP contribution in [0, 0.1) is 0 Å². The van der Waals surface area contributed by atoms with Crippen LogP contribution in [0.25, 0.3) is 101 Å². The summed E-state index contributed by atoms with van der Waals surface area (Å²) < 4.78 is 6.86. The number of hydrogen-bond donors (Lipinski definition) is 0. The summed E-state index contributed by atoms with van der Waals surface area (Å²) in [5, 5.41) is 1.97. The van der Waals surface area contributed by atoms with Gasteiger partial charge in [0.1, 0.15) is 26.9 Å². The lowest BCUT2D eigenvalue weighted by molar-refractivity contribution is 0.670. The molecule has 0 bridgehead atoms. The lowest BCUT2D eigenvalue weighted by atomic mass is 9.91. The van der Waals surface area contributed by atoms with E-state index in [-0.39, 0.29) is 0 Å². The second-order valence-electron chi connectivity index (χ2n) is 14.6. The largest absolute Gasteiger partial charge is 0.455 e. The molecule has 0 amide bonds. The van der Waals surface area contributed by atoms with Gasteiger partial charge in [0, 0.05) is 33.0 Å². The summed E-state index contributed by atoms with van der Waals surface area (Å²) in [7, 11) is 4.23. The second kappa shape index (κ2) is 14.4. The predicted molar refractivity (Wildman–Crippen MR) is 242 cm³/mol. The molecule has 6 heteroatoms. The molecular formula is C51H35B2N3O. The van der Waals surface area contributed by atoms with Crippen LogP contribution in [0.5, 0.6) is 0 Å². The predicted octanol–water partition coefficient (Wildman–Crippen LogP) is 9.96. The van der Waals surface area contributed by atoms with Gasteiger partial charge in [0.15, 0.2) is 17.5 Å². The summed E-state index contributed by atoms with van der Waals surface area (Å²) in [6.07, 6.45) is 0. The molecule has 2 heterocycles. The minimum Gasteiger partial charge on any atom is -0.455 e. The van der Waals surface area contributed by atoms with Crippen molar-refractivity contribution in [3.8, 4) is 78.7 Å². The van der Waals surface area contributed by atoms with Gasteiger partial charge in [0.05, 0.1) is 0 Å². The molecular weight excluding hydrogens is 692 g/mol. The Kier molecular flexibility index (Phi) is 8.65. The van der Waals surface area contributed by atoms with Crippen molar-refractivity contribution in [3.05, 3.63) is 188 Å². The van der Waals surface area contributed by atoms with E-state index in [0.29, 0.717) is 17.5 Å². The molecule has 10 aromatic rings. The maximum atomic E-state index is 6.86. The zero-order chi connectivity index (χ0) is 38.3. The Hall–Kier alpha value is -7.30. The van der Waals surface area contributed by atoms with Crippen LogP contribution in [0.2, 0.25) is 0 Å². The molecule has 0 unspecified atom stereocenters.